The summed E-state index contributed by atoms with van der Waals surface area (Å²) >= 11 is 6.00. The molecule has 2 amide bonds. The molecule has 1 aliphatic rings. The first-order valence-electron chi connectivity index (χ1n) is 10.3. The highest BCUT2D eigenvalue weighted by molar-refractivity contribution is 6.46. The molecule has 0 saturated carbocycles. The van der Waals surface area contributed by atoms with Crippen molar-refractivity contribution in [2.24, 2.45) is 0 Å². The number of amides is 2. The van der Waals surface area contributed by atoms with Crippen LogP contribution in [0.1, 0.15) is 23.6 Å². The Bertz CT molecular complexity index is 1210. The van der Waals surface area contributed by atoms with Crippen LogP contribution in [-0.2, 0) is 9.59 Å². The summed E-state index contributed by atoms with van der Waals surface area (Å²) in [6.07, 6.45) is 0. The van der Waals surface area contributed by atoms with Crippen LogP contribution in [-0.4, -0.2) is 18.4 Å². The van der Waals surface area contributed by atoms with Crippen molar-refractivity contribution < 1.29 is 14.3 Å². The van der Waals surface area contributed by atoms with E-state index >= 15 is 0 Å². The van der Waals surface area contributed by atoms with Crippen LogP contribution in [0.2, 0.25) is 5.02 Å². The molecular formula is C26H23ClN2O3. The van der Waals surface area contributed by atoms with Crippen molar-refractivity contribution >= 4 is 40.4 Å². The highest BCUT2D eigenvalue weighted by Gasteiger charge is 2.40. The molecule has 0 aliphatic carbocycles. The second-order valence-electron chi connectivity index (χ2n) is 7.57. The van der Waals surface area contributed by atoms with E-state index in [1.165, 1.54) is 4.90 Å². The van der Waals surface area contributed by atoms with Gasteiger partial charge < -0.3 is 10.1 Å². The topological polar surface area (TPSA) is 58.6 Å². The van der Waals surface area contributed by atoms with Gasteiger partial charge in [-0.3, -0.25) is 9.59 Å². The van der Waals surface area contributed by atoms with Gasteiger partial charge >= 0.3 is 0 Å². The highest BCUT2D eigenvalue weighted by atomic mass is 35.5. The Kier molecular flexibility index (Phi) is 6.01. The monoisotopic (exact) mass is 446 g/mol. The van der Waals surface area contributed by atoms with Gasteiger partial charge in [0.25, 0.3) is 11.8 Å². The van der Waals surface area contributed by atoms with Crippen molar-refractivity contribution in [2.75, 3.05) is 16.8 Å². The van der Waals surface area contributed by atoms with Crippen LogP contribution in [0, 0.1) is 13.8 Å². The largest absolute Gasteiger partial charge is 0.494 e. The average molecular weight is 447 g/mol. The van der Waals surface area contributed by atoms with Crippen molar-refractivity contribution in [3.05, 3.63) is 94.1 Å². The van der Waals surface area contributed by atoms with E-state index in [1.54, 1.807) is 48.5 Å². The number of halogens is 1. The maximum Gasteiger partial charge on any atom is 0.282 e. The molecule has 0 saturated heterocycles. The third-order valence-corrected chi connectivity index (χ3v) is 5.52. The summed E-state index contributed by atoms with van der Waals surface area (Å²) in [6.45, 7) is 6.42. The van der Waals surface area contributed by atoms with Crippen molar-refractivity contribution in [1.82, 2.24) is 0 Å². The second kappa shape index (κ2) is 8.89. The van der Waals surface area contributed by atoms with Crippen LogP contribution in [0.15, 0.2) is 72.4 Å². The third-order valence-electron chi connectivity index (χ3n) is 5.26. The first-order valence-corrected chi connectivity index (χ1v) is 10.7. The molecule has 0 unspecified atom stereocenters. The van der Waals surface area contributed by atoms with Gasteiger partial charge in [-0.05, 0) is 74.4 Å². The fraction of sp³-hybridized carbons (Fsp3) is 0.154. The summed E-state index contributed by atoms with van der Waals surface area (Å²) in [6, 6.07) is 19.7. The smallest absolute Gasteiger partial charge is 0.282 e. The minimum atomic E-state index is -0.416. The van der Waals surface area contributed by atoms with Gasteiger partial charge in [-0.25, -0.2) is 4.90 Å². The van der Waals surface area contributed by atoms with E-state index in [1.807, 2.05) is 39.0 Å². The Morgan fingerprint density at radius 1 is 0.906 bits per heavy atom. The lowest BCUT2D eigenvalue weighted by molar-refractivity contribution is -0.120. The Balaban J connectivity index is 1.80. The summed E-state index contributed by atoms with van der Waals surface area (Å²) in [4.78, 5) is 28.1. The minimum Gasteiger partial charge on any atom is -0.494 e. The van der Waals surface area contributed by atoms with Crippen molar-refractivity contribution in [3.63, 3.8) is 0 Å². The molecule has 3 aromatic rings. The molecule has 1 heterocycles. The predicted octanol–water partition coefficient (Wildman–Crippen LogP) is 5.75. The lowest BCUT2D eigenvalue weighted by atomic mass is 10.0. The Labute approximate surface area is 192 Å². The fourth-order valence-electron chi connectivity index (χ4n) is 3.71. The zero-order valence-corrected chi connectivity index (χ0v) is 18.9. The van der Waals surface area contributed by atoms with Gasteiger partial charge in [-0.2, -0.15) is 0 Å². The number of hydrogen-bond acceptors (Lipinski definition) is 4. The number of nitrogens with one attached hydrogen (secondary N) is 1. The molecule has 1 N–H and O–H groups in total. The number of hydrogen-bond donors (Lipinski definition) is 1. The molecule has 0 fully saturated rings. The second-order valence-corrected chi connectivity index (χ2v) is 8.01. The SMILES string of the molecule is CCOc1ccc(C2=C(Nc3ccc(C)cc3C)C(=O)N(c3ccc(Cl)cc3)C2=O)cc1. The molecule has 0 bridgehead atoms. The molecule has 3 aromatic carbocycles. The molecule has 0 aromatic heterocycles. The van der Waals surface area contributed by atoms with Gasteiger partial charge in [0.1, 0.15) is 11.4 Å². The van der Waals surface area contributed by atoms with Gasteiger partial charge in [0.05, 0.1) is 17.9 Å². The number of benzene rings is 3. The first-order chi connectivity index (χ1) is 15.4. The zero-order chi connectivity index (χ0) is 22.8. The molecule has 162 valence electrons. The first kappa shape index (κ1) is 21.7. The predicted molar refractivity (Wildman–Crippen MR) is 128 cm³/mol. The lowest BCUT2D eigenvalue weighted by Crippen LogP contribution is -2.32. The normalized spacial score (nSPS) is 13.7. The Morgan fingerprint density at radius 2 is 1.59 bits per heavy atom. The maximum atomic E-state index is 13.5. The standard InChI is InChI=1S/C26H23ClN2O3/c1-4-32-21-12-6-18(7-13-21)23-24(28-22-14-5-16(2)15-17(22)3)26(31)29(25(23)30)20-10-8-19(27)9-11-20/h5-15,28H,4H2,1-3H3. The third kappa shape index (κ3) is 4.12. The summed E-state index contributed by atoms with van der Waals surface area (Å²) in [5, 5.41) is 3.76. The number of carbonyl (C=O) groups excluding carboxylic acids is 2. The molecule has 4 rings (SSSR count). The van der Waals surface area contributed by atoms with E-state index in [-0.39, 0.29) is 5.70 Å². The van der Waals surface area contributed by atoms with Crippen molar-refractivity contribution in [3.8, 4) is 5.75 Å². The van der Waals surface area contributed by atoms with Crippen molar-refractivity contribution in [2.45, 2.75) is 20.8 Å². The van der Waals surface area contributed by atoms with Crippen LogP contribution >= 0.6 is 11.6 Å². The van der Waals surface area contributed by atoms with E-state index in [0.29, 0.717) is 34.2 Å². The number of rotatable bonds is 6. The zero-order valence-electron chi connectivity index (χ0n) is 18.1. The number of imide groups is 1. The van der Waals surface area contributed by atoms with Crippen LogP contribution in [0.25, 0.3) is 5.57 Å². The fourth-order valence-corrected chi connectivity index (χ4v) is 3.84. The minimum absolute atomic E-state index is 0.237. The molecule has 32 heavy (non-hydrogen) atoms. The molecule has 1 aliphatic heterocycles. The van der Waals surface area contributed by atoms with Crippen LogP contribution in [0.3, 0.4) is 0 Å². The molecule has 0 atom stereocenters. The number of nitrogens with zero attached hydrogens (tertiary/aromatic N) is 1. The average Bonchev–Trinajstić information content (AvgIpc) is 3.01. The van der Waals surface area contributed by atoms with Gasteiger partial charge in [-0.15, -0.1) is 0 Å². The van der Waals surface area contributed by atoms with E-state index < -0.39 is 11.8 Å². The number of ether oxygens (including phenoxy) is 1. The van der Waals surface area contributed by atoms with Crippen LogP contribution < -0.4 is 15.0 Å². The Hall–Kier alpha value is -3.57. The van der Waals surface area contributed by atoms with E-state index in [2.05, 4.69) is 5.32 Å². The van der Waals surface area contributed by atoms with Gasteiger partial charge in [0, 0.05) is 10.7 Å². The lowest BCUT2D eigenvalue weighted by Gasteiger charge is -2.16. The summed E-state index contributed by atoms with van der Waals surface area (Å²) < 4.78 is 5.52. The number of carbonyl (C=O) groups is 2. The van der Waals surface area contributed by atoms with E-state index in [9.17, 15) is 9.59 Å². The summed E-state index contributed by atoms with van der Waals surface area (Å²) in [5.41, 5.74) is 4.52. The molecule has 0 spiro atoms. The molecule has 5 nitrogen and oxygen atoms in total. The summed E-state index contributed by atoms with van der Waals surface area (Å²) in [7, 11) is 0. The molecule has 6 heteroatoms. The van der Waals surface area contributed by atoms with Gasteiger partial charge in [0.15, 0.2) is 0 Å². The summed E-state index contributed by atoms with van der Waals surface area (Å²) in [5.74, 6) is -0.109. The highest BCUT2D eigenvalue weighted by Crippen LogP contribution is 2.35. The van der Waals surface area contributed by atoms with Gasteiger partial charge in [0.2, 0.25) is 0 Å². The number of anilines is 2. The number of aryl methyl sites for hydroxylation is 2. The quantitative estimate of drug-likeness (QED) is 0.489. The molecular weight excluding hydrogens is 424 g/mol. The van der Waals surface area contributed by atoms with E-state index in [0.717, 1.165) is 16.8 Å². The van der Waals surface area contributed by atoms with Crippen LogP contribution in [0.5, 0.6) is 5.75 Å². The Morgan fingerprint density at radius 3 is 2.22 bits per heavy atom. The van der Waals surface area contributed by atoms with Crippen LogP contribution in [0.4, 0.5) is 11.4 Å². The molecule has 0 radical (unpaired) electrons. The van der Waals surface area contributed by atoms with E-state index in [4.69, 9.17) is 16.3 Å². The van der Waals surface area contributed by atoms with Gasteiger partial charge in [-0.1, -0.05) is 41.4 Å². The van der Waals surface area contributed by atoms with Crippen molar-refractivity contribution in [1.29, 1.82) is 0 Å². The maximum absolute atomic E-state index is 13.5.